The molecule has 3 nitrogen and oxygen atoms in total. The van der Waals surface area contributed by atoms with Gasteiger partial charge in [-0.2, -0.15) is 13.2 Å². The Morgan fingerprint density at radius 3 is 2.37 bits per heavy atom. The number of hydrogen-bond donors (Lipinski definition) is 1. The summed E-state index contributed by atoms with van der Waals surface area (Å²) in [6.07, 6.45) is -2.02. The summed E-state index contributed by atoms with van der Waals surface area (Å²) in [6, 6.07) is 0.943. The summed E-state index contributed by atoms with van der Waals surface area (Å²) in [5.41, 5.74) is 4.44. The first-order valence-corrected chi connectivity index (χ1v) is 6.65. The van der Waals surface area contributed by atoms with Crippen molar-refractivity contribution < 1.29 is 17.9 Å². The van der Waals surface area contributed by atoms with Crippen molar-refractivity contribution in [3.63, 3.8) is 0 Å². The van der Waals surface area contributed by atoms with Gasteiger partial charge in [-0.1, -0.05) is 13.8 Å². The normalized spacial score (nSPS) is 12.6. The first kappa shape index (κ1) is 16.2. The Morgan fingerprint density at radius 1 is 1.32 bits per heavy atom. The topological polar surface area (TPSA) is 48.1 Å². The molecule has 0 aliphatic heterocycles. The molecule has 108 valence electrons. The van der Waals surface area contributed by atoms with Gasteiger partial charge in [0.05, 0.1) is 0 Å². The van der Waals surface area contributed by atoms with Crippen LogP contribution >= 0.6 is 15.9 Å². The Bertz CT molecular complexity index is 433. The highest BCUT2D eigenvalue weighted by molar-refractivity contribution is 9.10. The van der Waals surface area contributed by atoms with E-state index in [4.69, 9.17) is 10.5 Å². The van der Waals surface area contributed by atoms with E-state index in [2.05, 4.69) is 20.9 Å². The molecule has 0 aromatic carbocycles. The lowest BCUT2D eigenvalue weighted by molar-refractivity contribution is -0.139. The van der Waals surface area contributed by atoms with Gasteiger partial charge in [0.1, 0.15) is 12.2 Å². The monoisotopic (exact) mass is 340 g/mol. The number of nitrogens with two attached hydrogens (primary N) is 1. The number of nitrogens with zero attached hydrogens (tertiary/aromatic N) is 1. The van der Waals surface area contributed by atoms with Gasteiger partial charge in [-0.15, -0.1) is 0 Å². The van der Waals surface area contributed by atoms with Gasteiger partial charge in [-0.3, -0.25) is 0 Å². The summed E-state index contributed by atoms with van der Waals surface area (Å²) < 4.78 is 44.0. The van der Waals surface area contributed by atoms with E-state index in [0.717, 1.165) is 6.07 Å². The van der Waals surface area contributed by atoms with E-state index in [-0.39, 0.29) is 11.1 Å². The molecule has 1 heterocycles. The summed E-state index contributed by atoms with van der Waals surface area (Å²) in [6.45, 7) is 3.73. The number of rotatable bonds is 5. The van der Waals surface area contributed by atoms with Crippen LogP contribution in [0.4, 0.5) is 13.2 Å². The van der Waals surface area contributed by atoms with E-state index in [9.17, 15) is 13.2 Å². The number of alkyl halides is 3. The molecule has 0 saturated carbocycles. The average Bonchev–Trinajstić information content (AvgIpc) is 2.36. The molecule has 2 N–H and O–H groups in total. The molecule has 19 heavy (non-hydrogen) atoms. The van der Waals surface area contributed by atoms with Crippen molar-refractivity contribution in [3.8, 4) is 5.88 Å². The van der Waals surface area contributed by atoms with E-state index < -0.39 is 23.2 Å². The molecule has 0 radical (unpaired) electrons. The van der Waals surface area contributed by atoms with Gasteiger partial charge >= 0.3 is 6.18 Å². The Hall–Kier alpha value is -0.820. The van der Waals surface area contributed by atoms with Crippen LogP contribution in [0.25, 0.3) is 0 Å². The molecule has 0 aliphatic rings. The van der Waals surface area contributed by atoms with Crippen molar-refractivity contribution in [3.05, 3.63) is 22.3 Å². The largest absolute Gasteiger partial charge is 0.475 e. The first-order valence-electron chi connectivity index (χ1n) is 5.86. The Morgan fingerprint density at radius 2 is 1.89 bits per heavy atom. The standard InChI is InChI=1S/C12H16BrF3N2O/c1-3-11(17,4-2)7-19-10-9(12(14,15)16)5-8(13)6-18-10/h5-6H,3-4,7,17H2,1-2H3. The Kier molecular flexibility index (Phi) is 5.20. The third-order valence-electron chi connectivity index (χ3n) is 3.03. The first-order chi connectivity index (χ1) is 8.72. The zero-order valence-electron chi connectivity index (χ0n) is 10.7. The summed E-state index contributed by atoms with van der Waals surface area (Å²) in [4.78, 5) is 3.67. The second-order valence-electron chi connectivity index (χ2n) is 4.36. The maximum absolute atomic E-state index is 12.8. The van der Waals surface area contributed by atoms with Gasteiger partial charge in [0.2, 0.25) is 5.88 Å². The molecule has 0 spiro atoms. The van der Waals surface area contributed by atoms with E-state index in [0.29, 0.717) is 12.8 Å². The van der Waals surface area contributed by atoms with Gasteiger partial charge in [0, 0.05) is 16.2 Å². The number of hydrogen-bond acceptors (Lipinski definition) is 3. The van der Waals surface area contributed by atoms with Crippen LogP contribution in [-0.2, 0) is 6.18 Å². The van der Waals surface area contributed by atoms with Gasteiger partial charge in [0.25, 0.3) is 0 Å². The summed E-state index contributed by atoms with van der Waals surface area (Å²) >= 11 is 2.96. The molecule has 0 bridgehead atoms. The fourth-order valence-electron chi connectivity index (χ4n) is 1.41. The van der Waals surface area contributed by atoms with Crippen LogP contribution in [-0.4, -0.2) is 17.1 Å². The van der Waals surface area contributed by atoms with Crippen molar-refractivity contribution >= 4 is 15.9 Å². The predicted octanol–water partition coefficient (Wildman–Crippen LogP) is 3.76. The average molecular weight is 341 g/mol. The minimum absolute atomic E-state index is 0.00227. The predicted molar refractivity (Wildman–Crippen MR) is 69.9 cm³/mol. The highest BCUT2D eigenvalue weighted by Crippen LogP contribution is 2.36. The van der Waals surface area contributed by atoms with Crippen LogP contribution in [0.5, 0.6) is 5.88 Å². The zero-order chi connectivity index (χ0) is 14.7. The zero-order valence-corrected chi connectivity index (χ0v) is 12.3. The highest BCUT2D eigenvalue weighted by atomic mass is 79.9. The second kappa shape index (κ2) is 6.09. The lowest BCUT2D eigenvalue weighted by atomic mass is 9.96. The van der Waals surface area contributed by atoms with Crippen molar-refractivity contribution in [2.75, 3.05) is 6.61 Å². The molecule has 0 unspecified atom stereocenters. The fourth-order valence-corrected chi connectivity index (χ4v) is 1.74. The number of pyridine rings is 1. The third kappa shape index (κ3) is 4.35. The molecular formula is C12H16BrF3N2O. The molecule has 1 aromatic heterocycles. The fraction of sp³-hybridized carbons (Fsp3) is 0.583. The molecule has 1 rings (SSSR count). The molecule has 0 saturated heterocycles. The third-order valence-corrected chi connectivity index (χ3v) is 3.46. The van der Waals surface area contributed by atoms with Crippen LogP contribution in [0.3, 0.4) is 0 Å². The quantitative estimate of drug-likeness (QED) is 0.887. The lowest BCUT2D eigenvalue weighted by Gasteiger charge is -2.26. The summed E-state index contributed by atoms with van der Waals surface area (Å²) in [7, 11) is 0. The van der Waals surface area contributed by atoms with Gasteiger partial charge < -0.3 is 10.5 Å². The smallest absolute Gasteiger partial charge is 0.421 e. The minimum Gasteiger partial charge on any atom is -0.475 e. The highest BCUT2D eigenvalue weighted by Gasteiger charge is 2.36. The SMILES string of the molecule is CCC(N)(CC)COc1ncc(Br)cc1C(F)(F)F. The van der Waals surface area contributed by atoms with Crippen LogP contribution in [0.2, 0.25) is 0 Å². The molecular weight excluding hydrogens is 325 g/mol. The minimum atomic E-state index is -4.51. The maximum Gasteiger partial charge on any atom is 0.421 e. The summed E-state index contributed by atoms with van der Waals surface area (Å²) in [5.74, 6) is -0.438. The number of ether oxygens (including phenoxy) is 1. The Labute approximate surface area is 118 Å². The van der Waals surface area contributed by atoms with Crippen molar-refractivity contribution in [2.45, 2.75) is 38.4 Å². The van der Waals surface area contributed by atoms with Gasteiger partial charge in [-0.05, 0) is 34.8 Å². The summed E-state index contributed by atoms with van der Waals surface area (Å²) in [5, 5.41) is 0. The van der Waals surface area contributed by atoms with Gasteiger partial charge in [-0.25, -0.2) is 4.98 Å². The van der Waals surface area contributed by atoms with E-state index in [1.165, 1.54) is 6.20 Å². The molecule has 0 amide bonds. The Balaban J connectivity index is 2.96. The van der Waals surface area contributed by atoms with E-state index >= 15 is 0 Å². The molecule has 7 heteroatoms. The number of halogens is 4. The van der Waals surface area contributed by atoms with E-state index in [1.807, 2.05) is 13.8 Å². The van der Waals surface area contributed by atoms with Crippen LogP contribution in [0, 0.1) is 0 Å². The van der Waals surface area contributed by atoms with Crippen LogP contribution < -0.4 is 10.5 Å². The van der Waals surface area contributed by atoms with Gasteiger partial charge in [0.15, 0.2) is 0 Å². The van der Waals surface area contributed by atoms with Crippen molar-refractivity contribution in [1.29, 1.82) is 0 Å². The maximum atomic E-state index is 12.8. The van der Waals surface area contributed by atoms with E-state index in [1.54, 1.807) is 0 Å². The number of aromatic nitrogens is 1. The second-order valence-corrected chi connectivity index (χ2v) is 5.28. The van der Waals surface area contributed by atoms with Crippen LogP contribution in [0.15, 0.2) is 16.7 Å². The molecule has 1 aromatic rings. The molecule has 0 atom stereocenters. The molecule has 0 aliphatic carbocycles. The molecule has 0 fully saturated rings. The van der Waals surface area contributed by atoms with Crippen LogP contribution in [0.1, 0.15) is 32.3 Å². The van der Waals surface area contributed by atoms with Crippen molar-refractivity contribution in [1.82, 2.24) is 4.98 Å². The van der Waals surface area contributed by atoms with Crippen molar-refractivity contribution in [2.24, 2.45) is 5.73 Å². The lowest BCUT2D eigenvalue weighted by Crippen LogP contribution is -2.44.